The second kappa shape index (κ2) is 10.1. The van der Waals surface area contributed by atoms with Gasteiger partial charge in [0.15, 0.2) is 0 Å². The molecule has 1 fully saturated rings. The maximum atomic E-state index is 12.7. The zero-order valence-electron chi connectivity index (χ0n) is 15.7. The van der Waals surface area contributed by atoms with Crippen molar-refractivity contribution in [3.8, 4) is 0 Å². The molecule has 0 heterocycles. The fourth-order valence-electron chi connectivity index (χ4n) is 3.09. The number of nitrogens with one attached hydrogen (secondary N) is 3. The molecular weight excluding hydrogens is 393 g/mol. The molecule has 0 bridgehead atoms. The van der Waals surface area contributed by atoms with Gasteiger partial charge in [-0.15, -0.1) is 0 Å². The first-order chi connectivity index (χ1) is 13.7. The first-order valence-electron chi connectivity index (χ1n) is 9.32. The van der Waals surface area contributed by atoms with Crippen molar-refractivity contribution in [2.45, 2.75) is 50.7 Å². The molecule has 8 nitrogen and oxygen atoms in total. The van der Waals surface area contributed by atoms with Gasteiger partial charge in [0, 0.05) is 38.0 Å². The Morgan fingerprint density at radius 2 is 1.76 bits per heavy atom. The number of anilines is 1. The van der Waals surface area contributed by atoms with Gasteiger partial charge in [0.1, 0.15) is 5.69 Å². The predicted molar refractivity (Wildman–Crippen MR) is 99.2 cm³/mol. The Kier molecular flexibility index (Phi) is 7.80. The van der Waals surface area contributed by atoms with Crippen molar-refractivity contribution in [1.82, 2.24) is 10.6 Å². The van der Waals surface area contributed by atoms with E-state index in [4.69, 9.17) is 0 Å². The number of hydrogen-bond donors (Lipinski definition) is 3. The third-order valence-electron chi connectivity index (χ3n) is 4.58. The lowest BCUT2D eigenvalue weighted by atomic mass is 10.1. The summed E-state index contributed by atoms with van der Waals surface area (Å²) in [5, 5.41) is 19.1. The molecule has 0 saturated heterocycles. The molecule has 2 rings (SSSR count). The van der Waals surface area contributed by atoms with E-state index in [9.17, 15) is 32.9 Å². The normalized spacial score (nSPS) is 14.4. The van der Waals surface area contributed by atoms with Gasteiger partial charge in [0.05, 0.1) is 10.5 Å². The standard InChI is InChI=1S/C18H23F3N4O4/c19-18(20,21)12-5-6-14(15(11-12)25(28)29)22-9-7-16(26)23-10-8-17(27)24-13-3-1-2-4-13/h5-6,11,13,22H,1-4,7-10H2,(H,23,26)(H,24,27). The number of rotatable bonds is 9. The van der Waals surface area contributed by atoms with E-state index in [1.54, 1.807) is 0 Å². The summed E-state index contributed by atoms with van der Waals surface area (Å²) in [7, 11) is 0. The number of nitrogens with zero attached hydrogens (tertiary/aromatic N) is 1. The van der Waals surface area contributed by atoms with Crippen LogP contribution in [0, 0.1) is 10.1 Å². The van der Waals surface area contributed by atoms with Crippen molar-refractivity contribution in [3.63, 3.8) is 0 Å². The molecule has 1 aliphatic carbocycles. The van der Waals surface area contributed by atoms with Crippen LogP contribution in [-0.2, 0) is 15.8 Å². The summed E-state index contributed by atoms with van der Waals surface area (Å²) >= 11 is 0. The van der Waals surface area contributed by atoms with E-state index in [1.807, 2.05) is 0 Å². The van der Waals surface area contributed by atoms with Gasteiger partial charge in [0.25, 0.3) is 5.69 Å². The molecule has 29 heavy (non-hydrogen) atoms. The fourth-order valence-corrected chi connectivity index (χ4v) is 3.09. The summed E-state index contributed by atoms with van der Waals surface area (Å²) < 4.78 is 38.1. The number of hydrogen-bond acceptors (Lipinski definition) is 5. The monoisotopic (exact) mass is 416 g/mol. The number of benzene rings is 1. The molecule has 1 aliphatic rings. The molecule has 1 saturated carbocycles. The first kappa shape index (κ1) is 22.4. The Bertz CT molecular complexity index is 749. The molecule has 0 radical (unpaired) electrons. The number of carbonyl (C=O) groups excluding carboxylic acids is 2. The molecule has 2 amide bonds. The third-order valence-corrected chi connectivity index (χ3v) is 4.58. The van der Waals surface area contributed by atoms with Gasteiger partial charge >= 0.3 is 6.18 Å². The molecule has 0 unspecified atom stereocenters. The minimum absolute atomic E-state index is 0.00763. The van der Waals surface area contributed by atoms with Crippen LogP contribution in [0.4, 0.5) is 24.5 Å². The van der Waals surface area contributed by atoms with Crippen LogP contribution in [0.1, 0.15) is 44.1 Å². The van der Waals surface area contributed by atoms with E-state index < -0.39 is 22.4 Å². The lowest BCUT2D eigenvalue weighted by Crippen LogP contribution is -2.35. The third kappa shape index (κ3) is 7.24. The summed E-state index contributed by atoms with van der Waals surface area (Å²) in [6.07, 6.45) is -0.438. The van der Waals surface area contributed by atoms with Crippen molar-refractivity contribution in [2.75, 3.05) is 18.4 Å². The average Bonchev–Trinajstić information content (AvgIpc) is 3.13. The molecule has 0 aromatic heterocycles. The maximum absolute atomic E-state index is 12.7. The molecule has 0 atom stereocenters. The van der Waals surface area contributed by atoms with E-state index in [-0.39, 0.29) is 49.5 Å². The molecule has 3 N–H and O–H groups in total. The van der Waals surface area contributed by atoms with Crippen molar-refractivity contribution in [1.29, 1.82) is 0 Å². The van der Waals surface area contributed by atoms with Gasteiger partial charge in [-0.1, -0.05) is 12.8 Å². The van der Waals surface area contributed by atoms with E-state index in [2.05, 4.69) is 16.0 Å². The molecule has 0 spiro atoms. The maximum Gasteiger partial charge on any atom is 0.416 e. The minimum atomic E-state index is -4.69. The molecule has 1 aromatic carbocycles. The molecule has 160 valence electrons. The Morgan fingerprint density at radius 1 is 1.10 bits per heavy atom. The Balaban J connectivity index is 1.73. The summed E-state index contributed by atoms with van der Waals surface area (Å²) in [6, 6.07) is 2.36. The van der Waals surface area contributed by atoms with Crippen LogP contribution in [0.2, 0.25) is 0 Å². The molecule has 1 aromatic rings. The fraction of sp³-hybridized carbons (Fsp3) is 0.556. The largest absolute Gasteiger partial charge is 0.416 e. The second-order valence-electron chi connectivity index (χ2n) is 6.81. The van der Waals surface area contributed by atoms with Gasteiger partial charge in [0.2, 0.25) is 11.8 Å². The number of nitro groups is 1. The van der Waals surface area contributed by atoms with Crippen molar-refractivity contribution in [3.05, 3.63) is 33.9 Å². The highest BCUT2D eigenvalue weighted by atomic mass is 19.4. The smallest absolute Gasteiger partial charge is 0.379 e. The van der Waals surface area contributed by atoms with Gasteiger partial charge in [-0.05, 0) is 25.0 Å². The van der Waals surface area contributed by atoms with E-state index in [0.29, 0.717) is 6.07 Å². The van der Waals surface area contributed by atoms with Gasteiger partial charge in [-0.2, -0.15) is 13.2 Å². The number of nitro benzene ring substituents is 1. The van der Waals surface area contributed by atoms with Crippen molar-refractivity contribution >= 4 is 23.2 Å². The zero-order valence-corrected chi connectivity index (χ0v) is 15.7. The number of carbonyl (C=O) groups is 2. The Hall–Kier alpha value is -2.85. The minimum Gasteiger partial charge on any atom is -0.379 e. The molecular formula is C18H23F3N4O4. The van der Waals surface area contributed by atoms with E-state index in [0.717, 1.165) is 37.8 Å². The highest BCUT2D eigenvalue weighted by Gasteiger charge is 2.33. The van der Waals surface area contributed by atoms with Crippen LogP contribution in [0.5, 0.6) is 0 Å². The summed E-state index contributed by atoms with van der Waals surface area (Å²) in [6.45, 7) is 0.157. The van der Waals surface area contributed by atoms with Gasteiger partial charge < -0.3 is 16.0 Å². The predicted octanol–water partition coefficient (Wildman–Crippen LogP) is 2.98. The van der Waals surface area contributed by atoms with Crippen molar-refractivity contribution in [2.24, 2.45) is 0 Å². The van der Waals surface area contributed by atoms with E-state index >= 15 is 0 Å². The highest BCUT2D eigenvalue weighted by molar-refractivity contribution is 5.79. The first-order valence-corrected chi connectivity index (χ1v) is 9.32. The summed E-state index contributed by atoms with van der Waals surface area (Å²) in [4.78, 5) is 33.7. The SMILES string of the molecule is O=C(CCNc1ccc(C(F)(F)F)cc1[N+](=O)[O-])NCCC(=O)NC1CCCC1. The zero-order chi connectivity index (χ0) is 21.4. The highest BCUT2D eigenvalue weighted by Crippen LogP contribution is 2.34. The van der Waals surface area contributed by atoms with Crippen LogP contribution in [0.15, 0.2) is 18.2 Å². The van der Waals surface area contributed by atoms with Crippen LogP contribution in [0.3, 0.4) is 0 Å². The van der Waals surface area contributed by atoms with Crippen molar-refractivity contribution < 1.29 is 27.7 Å². The number of alkyl halides is 3. The molecule has 11 heteroatoms. The number of amides is 2. The molecule has 0 aliphatic heterocycles. The lowest BCUT2D eigenvalue weighted by molar-refractivity contribution is -0.384. The van der Waals surface area contributed by atoms with E-state index in [1.165, 1.54) is 0 Å². The second-order valence-corrected chi connectivity index (χ2v) is 6.81. The van der Waals surface area contributed by atoms with Crippen LogP contribution in [-0.4, -0.2) is 35.9 Å². The topological polar surface area (TPSA) is 113 Å². The van der Waals surface area contributed by atoms with Crippen LogP contribution in [0.25, 0.3) is 0 Å². The lowest BCUT2D eigenvalue weighted by Gasteiger charge is -2.12. The summed E-state index contributed by atoms with van der Waals surface area (Å²) in [5.74, 6) is -0.503. The quantitative estimate of drug-likeness (QED) is 0.423. The van der Waals surface area contributed by atoms with Gasteiger partial charge in [-0.25, -0.2) is 0 Å². The average molecular weight is 416 g/mol. The Labute approximate surface area is 165 Å². The Morgan fingerprint density at radius 3 is 2.38 bits per heavy atom. The van der Waals surface area contributed by atoms with Crippen LogP contribution >= 0.6 is 0 Å². The summed E-state index contributed by atoms with van der Waals surface area (Å²) in [5.41, 5.74) is -1.95. The van der Waals surface area contributed by atoms with Crippen LogP contribution < -0.4 is 16.0 Å². The van der Waals surface area contributed by atoms with Gasteiger partial charge in [-0.3, -0.25) is 19.7 Å². The number of halogens is 3.